The van der Waals surface area contributed by atoms with E-state index in [9.17, 15) is 5.11 Å². The molecule has 0 saturated carbocycles. The second-order valence-electron chi connectivity index (χ2n) is 2.79. The highest BCUT2D eigenvalue weighted by atomic mass is 79.9. The van der Waals surface area contributed by atoms with Crippen LogP contribution in [0, 0.1) is 0 Å². The normalized spacial score (nSPS) is 31.2. The van der Waals surface area contributed by atoms with E-state index in [4.69, 9.17) is 0 Å². The topological polar surface area (TPSA) is 20.2 Å². The summed E-state index contributed by atoms with van der Waals surface area (Å²) in [5.74, 6) is 0. The zero-order valence-corrected chi connectivity index (χ0v) is 9.04. The molecule has 3 heteroatoms. The molecule has 0 heterocycles. The van der Waals surface area contributed by atoms with Crippen molar-refractivity contribution in [2.45, 2.75) is 25.9 Å². The molecule has 1 nitrogen and oxygen atoms in total. The van der Waals surface area contributed by atoms with E-state index in [1.165, 1.54) is 0 Å². The lowest BCUT2D eigenvalue weighted by molar-refractivity contribution is 0.147. The minimum absolute atomic E-state index is 0.703. The van der Waals surface area contributed by atoms with E-state index < -0.39 is 5.60 Å². The van der Waals surface area contributed by atoms with Crippen molar-refractivity contribution in [2.75, 3.05) is 0 Å². The Morgan fingerprint density at radius 2 is 2.27 bits per heavy atom. The van der Waals surface area contributed by atoms with Crippen molar-refractivity contribution in [3.63, 3.8) is 0 Å². The third-order valence-corrected chi connectivity index (χ3v) is 3.60. The number of hydrogen-bond acceptors (Lipinski definition) is 2. The van der Waals surface area contributed by atoms with Gasteiger partial charge in [-0.3, -0.25) is 0 Å². The predicted octanol–water partition coefficient (Wildman–Crippen LogP) is 2.62. The van der Waals surface area contributed by atoms with E-state index in [0.29, 0.717) is 4.91 Å². The molecule has 1 aliphatic carbocycles. The molecule has 1 aliphatic rings. The summed E-state index contributed by atoms with van der Waals surface area (Å²) in [4.78, 5) is 0.703. The van der Waals surface area contributed by atoms with E-state index >= 15 is 0 Å². The summed E-state index contributed by atoms with van der Waals surface area (Å²) in [7, 11) is 0. The molecular formula is C8H11BrOS. The van der Waals surface area contributed by atoms with Crippen molar-refractivity contribution in [1.82, 2.24) is 0 Å². The summed E-state index contributed by atoms with van der Waals surface area (Å²) in [6.07, 6.45) is 2.79. The third kappa shape index (κ3) is 1.42. The monoisotopic (exact) mass is 234 g/mol. The Morgan fingerprint density at radius 1 is 1.73 bits per heavy atom. The van der Waals surface area contributed by atoms with Gasteiger partial charge in [0.05, 0.1) is 0 Å². The van der Waals surface area contributed by atoms with Gasteiger partial charge in [-0.15, -0.1) is 12.6 Å². The number of rotatable bonds is 1. The quantitative estimate of drug-likeness (QED) is 0.669. The fourth-order valence-corrected chi connectivity index (χ4v) is 2.06. The lowest BCUT2D eigenvalue weighted by atomic mass is 9.98. The first-order valence-corrected chi connectivity index (χ1v) is 4.76. The molecule has 1 unspecified atom stereocenters. The number of halogens is 1. The highest BCUT2D eigenvalue weighted by Gasteiger charge is 2.33. The van der Waals surface area contributed by atoms with Crippen LogP contribution in [0.4, 0.5) is 0 Å². The summed E-state index contributed by atoms with van der Waals surface area (Å²) in [5.41, 5.74) is 0.158. The highest BCUT2D eigenvalue weighted by molar-refractivity contribution is 9.12. The van der Waals surface area contributed by atoms with Crippen molar-refractivity contribution in [1.29, 1.82) is 0 Å². The maximum Gasteiger partial charge on any atom is 0.115 e. The molecule has 0 amide bonds. The van der Waals surface area contributed by atoms with Crippen LogP contribution in [0.5, 0.6) is 0 Å². The Bertz CT molecular complexity index is 240. The van der Waals surface area contributed by atoms with Crippen molar-refractivity contribution >= 4 is 28.6 Å². The second kappa shape index (κ2) is 2.96. The maximum atomic E-state index is 9.86. The van der Waals surface area contributed by atoms with Crippen LogP contribution in [0.25, 0.3) is 0 Å². The van der Waals surface area contributed by atoms with Gasteiger partial charge in [-0.2, -0.15) is 0 Å². The van der Waals surface area contributed by atoms with Crippen molar-refractivity contribution in [2.24, 2.45) is 0 Å². The standard InChI is InChI=1S/C8H11BrOS/c1-3-5-4-6(9)7(11)8(5,2)10/h4,10-11H,3H2,1-2H3. The molecule has 0 saturated heterocycles. The average Bonchev–Trinajstić information content (AvgIpc) is 2.13. The van der Waals surface area contributed by atoms with Gasteiger partial charge in [-0.1, -0.05) is 6.92 Å². The predicted molar refractivity (Wildman–Crippen MR) is 53.9 cm³/mol. The van der Waals surface area contributed by atoms with E-state index in [0.717, 1.165) is 16.5 Å². The van der Waals surface area contributed by atoms with Gasteiger partial charge in [0.15, 0.2) is 0 Å². The largest absolute Gasteiger partial charge is 0.380 e. The Hall–Kier alpha value is 0.270. The van der Waals surface area contributed by atoms with Crippen molar-refractivity contribution < 1.29 is 5.11 Å². The Kier molecular flexibility index (Phi) is 2.52. The molecule has 0 radical (unpaired) electrons. The van der Waals surface area contributed by atoms with Gasteiger partial charge in [-0.25, -0.2) is 0 Å². The van der Waals surface area contributed by atoms with Crippen LogP contribution >= 0.6 is 28.6 Å². The minimum Gasteiger partial charge on any atom is -0.380 e. The summed E-state index contributed by atoms with van der Waals surface area (Å²) < 4.78 is 0.891. The van der Waals surface area contributed by atoms with Crippen LogP contribution in [-0.2, 0) is 0 Å². The van der Waals surface area contributed by atoms with Crippen LogP contribution in [0.3, 0.4) is 0 Å². The first-order valence-electron chi connectivity index (χ1n) is 3.52. The van der Waals surface area contributed by atoms with Crippen LogP contribution in [0.2, 0.25) is 0 Å². The van der Waals surface area contributed by atoms with Crippen LogP contribution in [-0.4, -0.2) is 10.7 Å². The molecule has 0 aromatic carbocycles. The molecule has 0 spiro atoms. The molecule has 11 heavy (non-hydrogen) atoms. The van der Waals surface area contributed by atoms with Crippen LogP contribution in [0.1, 0.15) is 20.3 Å². The molecule has 62 valence electrons. The van der Waals surface area contributed by atoms with E-state index in [1.54, 1.807) is 6.92 Å². The first kappa shape index (κ1) is 9.36. The van der Waals surface area contributed by atoms with Gasteiger partial charge < -0.3 is 5.11 Å². The number of thiol groups is 1. The average molecular weight is 235 g/mol. The van der Waals surface area contributed by atoms with Crippen LogP contribution in [0.15, 0.2) is 21.0 Å². The zero-order valence-electron chi connectivity index (χ0n) is 6.56. The lowest BCUT2D eigenvalue weighted by Gasteiger charge is -2.21. The van der Waals surface area contributed by atoms with Gasteiger partial charge in [0, 0.05) is 9.39 Å². The Labute approximate surface area is 80.7 Å². The van der Waals surface area contributed by atoms with Crippen molar-refractivity contribution in [3.8, 4) is 0 Å². The summed E-state index contributed by atoms with van der Waals surface area (Å²) in [6.45, 7) is 3.78. The highest BCUT2D eigenvalue weighted by Crippen LogP contribution is 2.41. The Balaban J connectivity index is 3.04. The van der Waals surface area contributed by atoms with Gasteiger partial charge in [-0.05, 0) is 40.9 Å². The first-order chi connectivity index (χ1) is 5.00. The molecule has 0 bridgehead atoms. The van der Waals surface area contributed by atoms with Gasteiger partial charge >= 0.3 is 0 Å². The Morgan fingerprint density at radius 3 is 2.45 bits per heavy atom. The van der Waals surface area contributed by atoms with E-state index in [2.05, 4.69) is 28.6 Å². The van der Waals surface area contributed by atoms with Crippen molar-refractivity contribution in [3.05, 3.63) is 21.0 Å². The number of aliphatic hydroxyl groups is 1. The zero-order chi connectivity index (χ0) is 8.65. The van der Waals surface area contributed by atoms with Gasteiger partial charge in [0.2, 0.25) is 0 Å². The number of allylic oxidation sites excluding steroid dienone is 2. The fraction of sp³-hybridized carbons (Fsp3) is 0.500. The summed E-state index contributed by atoms with van der Waals surface area (Å²) in [5, 5.41) is 9.86. The molecule has 0 fully saturated rings. The summed E-state index contributed by atoms with van der Waals surface area (Å²) in [6, 6.07) is 0. The fourth-order valence-electron chi connectivity index (χ4n) is 1.19. The summed E-state index contributed by atoms with van der Waals surface area (Å²) >= 11 is 7.54. The lowest BCUT2D eigenvalue weighted by Crippen LogP contribution is -2.24. The molecule has 1 rings (SSSR count). The minimum atomic E-state index is -0.851. The molecule has 1 N–H and O–H groups in total. The third-order valence-electron chi connectivity index (χ3n) is 1.99. The SMILES string of the molecule is CCC1=CC(Br)=C(S)C1(C)O. The molecular weight excluding hydrogens is 224 g/mol. The smallest absolute Gasteiger partial charge is 0.115 e. The van der Waals surface area contributed by atoms with Gasteiger partial charge in [0.25, 0.3) is 0 Å². The van der Waals surface area contributed by atoms with E-state index in [-0.39, 0.29) is 0 Å². The maximum absolute atomic E-state index is 9.86. The number of hydrogen-bond donors (Lipinski definition) is 2. The van der Waals surface area contributed by atoms with Gasteiger partial charge in [0.1, 0.15) is 5.60 Å². The molecule has 1 atom stereocenters. The molecule has 0 aliphatic heterocycles. The molecule has 0 aromatic heterocycles. The second-order valence-corrected chi connectivity index (χ2v) is 4.09. The van der Waals surface area contributed by atoms with Crippen LogP contribution < -0.4 is 0 Å². The van der Waals surface area contributed by atoms with E-state index in [1.807, 2.05) is 13.0 Å². The molecule has 0 aromatic rings.